The number of aliphatic carboxylic acids is 1. The monoisotopic (exact) mass is 361 g/mol. The summed E-state index contributed by atoms with van der Waals surface area (Å²) in [5, 5.41) is 9.19. The number of benzene rings is 1. The quantitative estimate of drug-likeness (QED) is 0.895. The zero-order valence-corrected chi connectivity index (χ0v) is 13.7. The standard InChI is InChI=1S/C13H16BrNO4S/c1-9-5-10(14)7-11(6-9)20(18,19)15-4-3-13(2,8-15)12(16)17/h5-7H,3-4,8H2,1-2H3,(H,16,17). The van der Waals surface area contributed by atoms with Crippen LogP contribution in [0.25, 0.3) is 0 Å². The summed E-state index contributed by atoms with van der Waals surface area (Å²) in [7, 11) is -3.65. The minimum absolute atomic E-state index is 0.0101. The Hall–Kier alpha value is -0.920. The SMILES string of the molecule is Cc1cc(Br)cc(S(=O)(=O)N2CCC(C)(C(=O)O)C2)c1. The molecule has 0 spiro atoms. The van der Waals surface area contributed by atoms with Crippen molar-refractivity contribution < 1.29 is 18.3 Å². The van der Waals surface area contributed by atoms with Crippen molar-refractivity contribution in [3.05, 3.63) is 28.2 Å². The molecule has 1 saturated heterocycles. The molecular weight excluding hydrogens is 346 g/mol. The zero-order chi connectivity index (χ0) is 15.1. The summed E-state index contributed by atoms with van der Waals surface area (Å²) in [6.07, 6.45) is 0.328. The van der Waals surface area contributed by atoms with Gasteiger partial charge in [0.15, 0.2) is 0 Å². The lowest BCUT2D eigenvalue weighted by Gasteiger charge is -2.20. The molecule has 0 radical (unpaired) electrons. The number of carboxylic acid groups (broad SMARTS) is 1. The van der Waals surface area contributed by atoms with Gasteiger partial charge in [0.2, 0.25) is 10.0 Å². The Morgan fingerprint density at radius 1 is 1.40 bits per heavy atom. The highest BCUT2D eigenvalue weighted by Crippen LogP contribution is 2.34. The van der Waals surface area contributed by atoms with Crippen molar-refractivity contribution in [2.45, 2.75) is 25.2 Å². The van der Waals surface area contributed by atoms with E-state index in [1.807, 2.05) is 13.0 Å². The lowest BCUT2D eigenvalue weighted by molar-refractivity contribution is -0.146. The summed E-state index contributed by atoms with van der Waals surface area (Å²) < 4.78 is 27.1. The maximum absolute atomic E-state index is 12.6. The minimum Gasteiger partial charge on any atom is -0.481 e. The van der Waals surface area contributed by atoms with E-state index >= 15 is 0 Å². The van der Waals surface area contributed by atoms with Crippen molar-refractivity contribution in [3.63, 3.8) is 0 Å². The van der Waals surface area contributed by atoms with Gasteiger partial charge in [0, 0.05) is 17.6 Å². The van der Waals surface area contributed by atoms with Gasteiger partial charge in [0.1, 0.15) is 0 Å². The molecule has 0 bridgehead atoms. The van der Waals surface area contributed by atoms with Gasteiger partial charge in [-0.05, 0) is 44.0 Å². The van der Waals surface area contributed by atoms with Gasteiger partial charge in [0.25, 0.3) is 0 Å². The van der Waals surface area contributed by atoms with Gasteiger partial charge >= 0.3 is 5.97 Å². The second-order valence-electron chi connectivity index (χ2n) is 5.42. The fraction of sp³-hybridized carbons (Fsp3) is 0.462. The molecule has 1 aliphatic rings. The Balaban J connectivity index is 2.35. The van der Waals surface area contributed by atoms with E-state index in [-0.39, 0.29) is 18.0 Å². The Labute approximate surface area is 126 Å². The molecule has 0 saturated carbocycles. The van der Waals surface area contributed by atoms with Gasteiger partial charge in [-0.1, -0.05) is 15.9 Å². The number of hydrogen-bond donors (Lipinski definition) is 1. The molecule has 1 aliphatic heterocycles. The van der Waals surface area contributed by atoms with E-state index < -0.39 is 21.4 Å². The molecule has 0 amide bonds. The highest BCUT2D eigenvalue weighted by Gasteiger charge is 2.44. The Kier molecular flexibility index (Phi) is 3.96. The van der Waals surface area contributed by atoms with Crippen LogP contribution in [-0.2, 0) is 14.8 Å². The van der Waals surface area contributed by atoms with Crippen molar-refractivity contribution in [2.75, 3.05) is 13.1 Å². The Bertz CT molecular complexity index is 638. The summed E-state index contributed by atoms with van der Waals surface area (Å²) in [6, 6.07) is 4.96. The van der Waals surface area contributed by atoms with E-state index in [0.29, 0.717) is 10.9 Å². The average molecular weight is 362 g/mol. The zero-order valence-electron chi connectivity index (χ0n) is 11.3. The van der Waals surface area contributed by atoms with E-state index in [1.165, 1.54) is 4.31 Å². The molecule has 1 fully saturated rings. The van der Waals surface area contributed by atoms with Crippen LogP contribution in [0.2, 0.25) is 0 Å². The maximum Gasteiger partial charge on any atom is 0.310 e. The molecule has 1 unspecified atom stereocenters. The van der Waals surface area contributed by atoms with Crippen LogP contribution in [-0.4, -0.2) is 36.9 Å². The van der Waals surface area contributed by atoms with Crippen molar-refractivity contribution >= 4 is 31.9 Å². The average Bonchev–Trinajstić information content (AvgIpc) is 2.73. The third kappa shape index (κ3) is 2.75. The summed E-state index contributed by atoms with van der Waals surface area (Å²) in [5.74, 6) is -0.958. The van der Waals surface area contributed by atoms with Crippen molar-refractivity contribution in [3.8, 4) is 0 Å². The molecule has 0 aliphatic carbocycles. The molecular formula is C13H16BrNO4S. The van der Waals surface area contributed by atoms with Crippen LogP contribution in [0.5, 0.6) is 0 Å². The van der Waals surface area contributed by atoms with Crippen molar-refractivity contribution in [2.24, 2.45) is 5.41 Å². The molecule has 1 N–H and O–H groups in total. The van der Waals surface area contributed by atoms with Crippen molar-refractivity contribution in [1.82, 2.24) is 4.31 Å². The van der Waals surface area contributed by atoms with Gasteiger partial charge in [-0.3, -0.25) is 4.79 Å². The van der Waals surface area contributed by atoms with E-state index in [4.69, 9.17) is 0 Å². The number of carboxylic acids is 1. The van der Waals surface area contributed by atoms with Crippen LogP contribution in [0.3, 0.4) is 0 Å². The molecule has 110 valence electrons. The molecule has 0 aromatic heterocycles. The number of halogens is 1. The number of carbonyl (C=O) groups is 1. The van der Waals surface area contributed by atoms with Crippen LogP contribution in [0.15, 0.2) is 27.6 Å². The molecule has 1 aromatic carbocycles. The van der Waals surface area contributed by atoms with Crippen LogP contribution >= 0.6 is 15.9 Å². The van der Waals surface area contributed by atoms with Gasteiger partial charge in [-0.25, -0.2) is 8.42 Å². The molecule has 7 heteroatoms. The van der Waals surface area contributed by atoms with E-state index in [2.05, 4.69) is 15.9 Å². The lowest BCUT2D eigenvalue weighted by Crippen LogP contribution is -2.34. The first kappa shape index (κ1) is 15.5. The molecule has 1 heterocycles. The second kappa shape index (κ2) is 5.13. The summed E-state index contributed by atoms with van der Waals surface area (Å²) in [5.41, 5.74) is -0.174. The number of hydrogen-bond acceptors (Lipinski definition) is 3. The third-order valence-electron chi connectivity index (χ3n) is 3.61. The van der Waals surface area contributed by atoms with Crippen LogP contribution in [0.1, 0.15) is 18.9 Å². The second-order valence-corrected chi connectivity index (χ2v) is 8.27. The first-order chi connectivity index (χ1) is 9.15. The maximum atomic E-state index is 12.6. The van der Waals surface area contributed by atoms with Crippen LogP contribution in [0.4, 0.5) is 0 Å². The number of sulfonamides is 1. The largest absolute Gasteiger partial charge is 0.481 e. The summed E-state index contributed by atoms with van der Waals surface area (Å²) in [4.78, 5) is 11.4. The van der Waals surface area contributed by atoms with Gasteiger partial charge in [-0.2, -0.15) is 4.31 Å². The van der Waals surface area contributed by atoms with Crippen LogP contribution in [0, 0.1) is 12.3 Å². The summed E-state index contributed by atoms with van der Waals surface area (Å²) in [6.45, 7) is 3.64. The molecule has 20 heavy (non-hydrogen) atoms. The highest BCUT2D eigenvalue weighted by atomic mass is 79.9. The smallest absolute Gasteiger partial charge is 0.310 e. The van der Waals surface area contributed by atoms with Gasteiger partial charge < -0.3 is 5.11 Å². The molecule has 5 nitrogen and oxygen atoms in total. The normalized spacial score (nSPS) is 23.9. The first-order valence-corrected chi connectivity index (χ1v) is 8.39. The van der Waals surface area contributed by atoms with E-state index in [1.54, 1.807) is 19.1 Å². The fourth-order valence-electron chi connectivity index (χ4n) is 2.30. The first-order valence-electron chi connectivity index (χ1n) is 6.16. The van der Waals surface area contributed by atoms with E-state index in [9.17, 15) is 18.3 Å². The van der Waals surface area contributed by atoms with E-state index in [0.717, 1.165) is 5.56 Å². The summed E-state index contributed by atoms with van der Waals surface area (Å²) >= 11 is 3.28. The number of nitrogens with zero attached hydrogens (tertiary/aromatic N) is 1. The predicted octanol–water partition coefficient (Wildman–Crippen LogP) is 2.24. The fourth-order valence-corrected chi connectivity index (χ4v) is 4.75. The lowest BCUT2D eigenvalue weighted by atomic mass is 9.90. The van der Waals surface area contributed by atoms with Crippen LogP contribution < -0.4 is 0 Å². The Morgan fingerprint density at radius 3 is 2.55 bits per heavy atom. The van der Waals surface area contributed by atoms with Crippen molar-refractivity contribution in [1.29, 1.82) is 0 Å². The molecule has 1 atom stereocenters. The highest BCUT2D eigenvalue weighted by molar-refractivity contribution is 9.10. The molecule has 2 rings (SSSR count). The topological polar surface area (TPSA) is 74.7 Å². The number of aryl methyl sites for hydroxylation is 1. The Morgan fingerprint density at radius 2 is 2.05 bits per heavy atom. The minimum atomic E-state index is -3.65. The molecule has 1 aromatic rings. The predicted molar refractivity (Wildman–Crippen MR) is 78.0 cm³/mol. The number of rotatable bonds is 3. The third-order valence-corrected chi connectivity index (χ3v) is 5.89. The van der Waals surface area contributed by atoms with Gasteiger partial charge in [0.05, 0.1) is 10.3 Å². The van der Waals surface area contributed by atoms with Gasteiger partial charge in [-0.15, -0.1) is 0 Å².